The maximum absolute atomic E-state index is 16.2. The SMILES string of the molecule is CC[C@@](O)(COC)c1c(-c2ccc(C(=O)O)cc2)c2c(F)c3[nH]ncc3cc2n1-c1ccc(F)c(C)c1. The largest absolute Gasteiger partial charge is 0.478 e. The molecule has 7 nitrogen and oxygen atoms in total. The van der Waals surface area contributed by atoms with Gasteiger partial charge >= 0.3 is 5.97 Å². The Hall–Kier alpha value is -4.08. The quantitative estimate of drug-likeness (QED) is 0.263. The number of H-pyrrole nitrogens is 1. The molecular formula is C28H25F2N3O4. The molecule has 5 aromatic rings. The number of nitrogens with zero attached hydrogens (tertiary/aromatic N) is 2. The van der Waals surface area contributed by atoms with Gasteiger partial charge in [0.1, 0.15) is 16.9 Å². The van der Waals surface area contributed by atoms with Gasteiger partial charge in [0, 0.05) is 29.1 Å². The summed E-state index contributed by atoms with van der Waals surface area (Å²) in [6.45, 7) is 3.33. The van der Waals surface area contributed by atoms with Crippen LogP contribution in [0.1, 0.15) is 35.0 Å². The molecule has 2 heterocycles. The standard InChI is InChI=1S/C28H25F2N3O4/c1-4-28(36,14-37-3)26-22(16-5-7-17(8-6-16)27(34)35)23-21(12-18-13-31-32-25(18)24(23)30)33(26)19-9-10-20(29)15(2)11-19/h5-13,36H,4,14H2,1-3H3,(H,31,32)(H,34,35)/t28-/m1/s1. The third-order valence-corrected chi connectivity index (χ3v) is 6.84. The zero-order chi connectivity index (χ0) is 26.5. The fourth-order valence-electron chi connectivity index (χ4n) is 4.92. The predicted molar refractivity (Wildman–Crippen MR) is 136 cm³/mol. The fourth-order valence-corrected chi connectivity index (χ4v) is 4.92. The summed E-state index contributed by atoms with van der Waals surface area (Å²) in [7, 11) is 1.46. The van der Waals surface area contributed by atoms with E-state index in [9.17, 15) is 19.4 Å². The number of aryl methyl sites for hydroxylation is 1. The monoisotopic (exact) mass is 505 g/mol. The number of benzene rings is 3. The van der Waals surface area contributed by atoms with Gasteiger partial charge in [-0.2, -0.15) is 5.10 Å². The van der Waals surface area contributed by atoms with Gasteiger partial charge in [0.15, 0.2) is 5.82 Å². The molecule has 37 heavy (non-hydrogen) atoms. The normalized spacial score (nSPS) is 13.4. The van der Waals surface area contributed by atoms with E-state index in [1.165, 1.54) is 31.5 Å². The maximum Gasteiger partial charge on any atom is 0.335 e. The number of aromatic carboxylic acids is 1. The Morgan fingerprint density at radius 3 is 2.51 bits per heavy atom. The molecule has 5 rings (SSSR count). The molecule has 0 saturated heterocycles. The number of ether oxygens (including phenoxy) is 1. The van der Waals surface area contributed by atoms with Gasteiger partial charge < -0.3 is 19.5 Å². The van der Waals surface area contributed by atoms with Crippen LogP contribution in [-0.2, 0) is 10.3 Å². The topological polar surface area (TPSA) is 100 Å². The molecule has 0 aliphatic heterocycles. The van der Waals surface area contributed by atoms with Crippen LogP contribution in [0.4, 0.5) is 8.78 Å². The van der Waals surface area contributed by atoms with Gasteiger partial charge in [0.25, 0.3) is 0 Å². The minimum absolute atomic E-state index is 0.0715. The van der Waals surface area contributed by atoms with Gasteiger partial charge in [-0.05, 0) is 60.9 Å². The van der Waals surface area contributed by atoms with E-state index >= 15 is 4.39 Å². The van der Waals surface area contributed by atoms with Crippen molar-refractivity contribution in [3.8, 4) is 16.8 Å². The van der Waals surface area contributed by atoms with Crippen molar-refractivity contribution in [2.24, 2.45) is 0 Å². The molecule has 1 atom stereocenters. The number of aromatic amines is 1. The number of hydrogen-bond acceptors (Lipinski definition) is 4. The first-order valence-electron chi connectivity index (χ1n) is 11.7. The van der Waals surface area contributed by atoms with Gasteiger partial charge in [-0.15, -0.1) is 0 Å². The maximum atomic E-state index is 16.2. The number of nitrogens with one attached hydrogen (secondary N) is 1. The molecule has 3 aromatic carbocycles. The van der Waals surface area contributed by atoms with E-state index in [1.54, 1.807) is 48.7 Å². The van der Waals surface area contributed by atoms with E-state index in [0.29, 0.717) is 39.0 Å². The van der Waals surface area contributed by atoms with Crippen LogP contribution in [0.2, 0.25) is 0 Å². The van der Waals surface area contributed by atoms with Crippen LogP contribution in [0.15, 0.2) is 54.7 Å². The number of carboxylic acids is 1. The van der Waals surface area contributed by atoms with Crippen molar-refractivity contribution >= 4 is 27.8 Å². The van der Waals surface area contributed by atoms with E-state index in [-0.39, 0.29) is 29.5 Å². The smallest absolute Gasteiger partial charge is 0.335 e. The molecule has 0 spiro atoms. The minimum Gasteiger partial charge on any atom is -0.478 e. The number of aliphatic hydroxyl groups is 1. The molecule has 0 saturated carbocycles. The fraction of sp³-hybridized carbons (Fsp3) is 0.214. The summed E-state index contributed by atoms with van der Waals surface area (Å²) in [5, 5.41) is 28.8. The molecule has 190 valence electrons. The number of methoxy groups -OCH3 is 1. The lowest BCUT2D eigenvalue weighted by Crippen LogP contribution is -2.33. The van der Waals surface area contributed by atoms with Gasteiger partial charge in [-0.1, -0.05) is 19.1 Å². The molecule has 0 amide bonds. The molecule has 0 fully saturated rings. The summed E-state index contributed by atoms with van der Waals surface area (Å²) >= 11 is 0. The summed E-state index contributed by atoms with van der Waals surface area (Å²) in [5.74, 6) is -2.06. The third-order valence-electron chi connectivity index (χ3n) is 6.84. The lowest BCUT2D eigenvalue weighted by Gasteiger charge is -2.30. The molecule has 0 unspecified atom stereocenters. The van der Waals surface area contributed by atoms with Crippen LogP contribution in [0.5, 0.6) is 0 Å². The van der Waals surface area contributed by atoms with Crippen molar-refractivity contribution < 1.29 is 28.5 Å². The Morgan fingerprint density at radius 2 is 1.89 bits per heavy atom. The van der Waals surface area contributed by atoms with Crippen LogP contribution >= 0.6 is 0 Å². The van der Waals surface area contributed by atoms with E-state index in [4.69, 9.17) is 4.74 Å². The van der Waals surface area contributed by atoms with Crippen LogP contribution in [0.3, 0.4) is 0 Å². The van der Waals surface area contributed by atoms with E-state index in [0.717, 1.165) is 0 Å². The summed E-state index contributed by atoms with van der Waals surface area (Å²) in [6.07, 6.45) is 1.73. The second-order valence-electron chi connectivity index (χ2n) is 9.11. The van der Waals surface area contributed by atoms with Gasteiger partial charge in [-0.3, -0.25) is 5.10 Å². The number of hydrogen-bond donors (Lipinski definition) is 3. The van der Waals surface area contributed by atoms with Crippen molar-refractivity contribution in [3.05, 3.63) is 83.2 Å². The van der Waals surface area contributed by atoms with Gasteiger partial charge in [-0.25, -0.2) is 13.6 Å². The highest BCUT2D eigenvalue weighted by Gasteiger charge is 2.38. The zero-order valence-corrected chi connectivity index (χ0v) is 20.5. The first-order valence-corrected chi connectivity index (χ1v) is 11.7. The van der Waals surface area contributed by atoms with Crippen LogP contribution in [0, 0.1) is 18.6 Å². The van der Waals surface area contributed by atoms with Crippen LogP contribution < -0.4 is 0 Å². The average molecular weight is 506 g/mol. The Morgan fingerprint density at radius 1 is 1.16 bits per heavy atom. The molecule has 0 aliphatic carbocycles. The van der Waals surface area contributed by atoms with Crippen molar-refractivity contribution in [1.82, 2.24) is 14.8 Å². The predicted octanol–water partition coefficient (Wildman–Crippen LogP) is 5.70. The Kier molecular flexibility index (Phi) is 6.05. The van der Waals surface area contributed by atoms with Crippen molar-refractivity contribution in [3.63, 3.8) is 0 Å². The van der Waals surface area contributed by atoms with Crippen LogP contribution in [0.25, 0.3) is 38.6 Å². The highest BCUT2D eigenvalue weighted by atomic mass is 19.1. The first kappa shape index (κ1) is 24.6. The molecular weight excluding hydrogens is 480 g/mol. The number of halogens is 2. The van der Waals surface area contributed by atoms with Crippen molar-refractivity contribution in [2.45, 2.75) is 25.9 Å². The van der Waals surface area contributed by atoms with Crippen molar-refractivity contribution in [2.75, 3.05) is 13.7 Å². The Labute approximate surface area is 210 Å². The first-order chi connectivity index (χ1) is 17.7. The molecule has 0 bridgehead atoms. The van der Waals surface area contributed by atoms with Crippen LogP contribution in [-0.4, -0.2) is 44.7 Å². The molecule has 9 heteroatoms. The number of carbonyl (C=O) groups is 1. The van der Waals surface area contributed by atoms with E-state index in [1.807, 2.05) is 0 Å². The van der Waals surface area contributed by atoms with E-state index in [2.05, 4.69) is 10.2 Å². The van der Waals surface area contributed by atoms with Gasteiger partial charge in [0.2, 0.25) is 0 Å². The summed E-state index contributed by atoms with van der Waals surface area (Å²) in [6, 6.07) is 12.3. The second kappa shape index (κ2) is 9.10. The molecule has 3 N–H and O–H groups in total. The second-order valence-corrected chi connectivity index (χ2v) is 9.11. The average Bonchev–Trinajstić information content (AvgIpc) is 3.49. The highest BCUT2D eigenvalue weighted by molar-refractivity contribution is 6.06. The number of rotatable bonds is 7. The number of carboxylic acid groups (broad SMARTS) is 1. The van der Waals surface area contributed by atoms with Crippen molar-refractivity contribution in [1.29, 1.82) is 0 Å². The number of fused-ring (bicyclic) bond motifs is 2. The summed E-state index contributed by atoms with van der Waals surface area (Å²) in [4.78, 5) is 11.5. The van der Waals surface area contributed by atoms with Gasteiger partial charge in [0.05, 0.1) is 29.6 Å². The lowest BCUT2D eigenvalue weighted by atomic mass is 9.89. The summed E-state index contributed by atoms with van der Waals surface area (Å²) in [5.41, 5.74) is 1.27. The molecule has 0 aliphatic rings. The highest BCUT2D eigenvalue weighted by Crippen LogP contribution is 2.46. The summed E-state index contributed by atoms with van der Waals surface area (Å²) < 4.78 is 37.6. The minimum atomic E-state index is -1.57. The third kappa shape index (κ3) is 3.87. The molecule has 2 aromatic heterocycles. The van der Waals surface area contributed by atoms with E-state index < -0.39 is 23.2 Å². The lowest BCUT2D eigenvalue weighted by molar-refractivity contribution is -0.0422. The Balaban J connectivity index is 2.01. The zero-order valence-electron chi connectivity index (χ0n) is 20.5. The Bertz CT molecular complexity index is 1660. The molecule has 0 radical (unpaired) electrons. The number of aromatic nitrogens is 3.